The Balaban J connectivity index is 3.91. The van der Waals surface area contributed by atoms with Crippen LogP contribution < -0.4 is 10.6 Å². The molecular weight excluding hydrogens is 204 g/mol. The molecule has 0 radical (unpaired) electrons. The second kappa shape index (κ2) is 6.63. The third kappa shape index (κ3) is 5.50. The Morgan fingerprint density at radius 3 is 2.40 bits per heavy atom. The van der Waals surface area contributed by atoms with Crippen molar-refractivity contribution in [3.8, 4) is 0 Å². The van der Waals surface area contributed by atoms with Gasteiger partial charge < -0.3 is 20.5 Å². The molecule has 0 bridgehead atoms. The van der Waals surface area contributed by atoms with Crippen molar-refractivity contribution >= 4 is 18.0 Å². The van der Waals surface area contributed by atoms with Crippen LogP contribution in [-0.4, -0.2) is 42.8 Å². The van der Waals surface area contributed by atoms with Gasteiger partial charge in [-0.3, -0.25) is 4.79 Å². The van der Waals surface area contributed by atoms with Crippen LogP contribution in [-0.2, 0) is 14.3 Å². The first-order valence-electron chi connectivity index (χ1n) is 4.35. The van der Waals surface area contributed by atoms with E-state index < -0.39 is 24.0 Å². The van der Waals surface area contributed by atoms with Crippen LogP contribution >= 0.6 is 0 Å². The van der Waals surface area contributed by atoms with E-state index in [4.69, 9.17) is 5.11 Å². The van der Waals surface area contributed by atoms with Gasteiger partial charge in [-0.25, -0.2) is 9.59 Å². The van der Waals surface area contributed by atoms with Crippen molar-refractivity contribution in [2.45, 2.75) is 19.4 Å². The average Bonchev–Trinajstić information content (AvgIpc) is 2.21. The molecule has 0 fully saturated rings. The minimum Gasteiger partial charge on any atom is -0.480 e. The molecule has 15 heavy (non-hydrogen) atoms. The van der Waals surface area contributed by atoms with Crippen LogP contribution in [0.25, 0.3) is 0 Å². The summed E-state index contributed by atoms with van der Waals surface area (Å²) in [7, 11) is 1.19. The van der Waals surface area contributed by atoms with Gasteiger partial charge >= 0.3 is 18.0 Å². The van der Waals surface area contributed by atoms with Crippen LogP contribution in [0.1, 0.15) is 13.3 Å². The van der Waals surface area contributed by atoms with Crippen LogP contribution in [0.3, 0.4) is 0 Å². The fraction of sp³-hybridized carbons (Fsp3) is 0.625. The van der Waals surface area contributed by atoms with Gasteiger partial charge in [0.05, 0.1) is 7.11 Å². The second-order valence-electron chi connectivity index (χ2n) is 2.70. The van der Waals surface area contributed by atoms with E-state index in [0.29, 0.717) is 0 Å². The molecule has 0 rings (SSSR count). The highest BCUT2D eigenvalue weighted by Crippen LogP contribution is 1.89. The molecule has 86 valence electrons. The van der Waals surface area contributed by atoms with Crippen molar-refractivity contribution in [2.75, 3.05) is 13.7 Å². The number of nitrogens with one attached hydrogen (secondary N) is 2. The zero-order valence-electron chi connectivity index (χ0n) is 8.57. The smallest absolute Gasteiger partial charge is 0.326 e. The lowest BCUT2D eigenvalue weighted by Crippen LogP contribution is -2.46. The molecule has 0 saturated heterocycles. The maximum atomic E-state index is 11.0. The van der Waals surface area contributed by atoms with E-state index >= 15 is 0 Å². The number of methoxy groups -OCH3 is 1. The highest BCUT2D eigenvalue weighted by molar-refractivity contribution is 5.84. The summed E-state index contributed by atoms with van der Waals surface area (Å²) in [5.41, 5.74) is 0. The molecular formula is C8H14N2O5. The fourth-order valence-electron chi connectivity index (χ4n) is 0.772. The number of amides is 2. The van der Waals surface area contributed by atoms with Crippen molar-refractivity contribution < 1.29 is 24.2 Å². The lowest BCUT2D eigenvalue weighted by molar-refractivity contribution is -0.139. The number of hydrogen-bond donors (Lipinski definition) is 3. The number of esters is 1. The first-order chi connectivity index (χ1) is 7.01. The highest BCUT2D eigenvalue weighted by Gasteiger charge is 2.17. The number of carbonyl (C=O) groups is 3. The summed E-state index contributed by atoms with van der Waals surface area (Å²) in [4.78, 5) is 32.2. The molecule has 3 N–H and O–H groups in total. The molecule has 0 unspecified atom stereocenters. The Morgan fingerprint density at radius 1 is 1.40 bits per heavy atom. The third-order valence-electron chi connectivity index (χ3n) is 1.63. The monoisotopic (exact) mass is 218 g/mol. The molecule has 0 heterocycles. The van der Waals surface area contributed by atoms with Crippen molar-refractivity contribution in [3.63, 3.8) is 0 Å². The predicted molar refractivity (Wildman–Crippen MR) is 50.3 cm³/mol. The number of urea groups is 1. The van der Waals surface area contributed by atoms with Gasteiger partial charge in [0, 0.05) is 0 Å². The number of aliphatic carboxylic acids is 1. The summed E-state index contributed by atoms with van der Waals surface area (Å²) in [6.07, 6.45) is 0.265. The molecule has 7 heteroatoms. The van der Waals surface area contributed by atoms with Gasteiger partial charge in [-0.15, -0.1) is 0 Å². The maximum Gasteiger partial charge on any atom is 0.326 e. The lowest BCUT2D eigenvalue weighted by Gasteiger charge is -2.12. The standard InChI is InChI=1S/C8H14N2O5/c1-3-5(7(12)13)10-8(14)9-4-6(11)15-2/h5H,3-4H2,1-2H3,(H,12,13)(H2,9,10,14)/t5-/m1/s1. The Bertz CT molecular complexity index is 253. The molecule has 0 aromatic heterocycles. The third-order valence-corrected chi connectivity index (χ3v) is 1.63. The van der Waals surface area contributed by atoms with E-state index in [9.17, 15) is 14.4 Å². The Labute approximate surface area is 86.8 Å². The SMILES string of the molecule is CC[C@@H](NC(=O)NCC(=O)OC)C(=O)O. The van der Waals surface area contributed by atoms with E-state index in [2.05, 4.69) is 15.4 Å². The van der Waals surface area contributed by atoms with Gasteiger partial charge in [0.2, 0.25) is 0 Å². The largest absolute Gasteiger partial charge is 0.480 e. The van der Waals surface area contributed by atoms with E-state index in [-0.39, 0.29) is 13.0 Å². The summed E-state index contributed by atoms with van der Waals surface area (Å²) in [5.74, 6) is -1.72. The molecule has 0 aliphatic heterocycles. The Hall–Kier alpha value is -1.79. The van der Waals surface area contributed by atoms with Crippen LogP contribution in [0.15, 0.2) is 0 Å². The number of ether oxygens (including phenoxy) is 1. The molecule has 0 aromatic carbocycles. The van der Waals surface area contributed by atoms with Gasteiger partial charge in [-0.1, -0.05) is 6.92 Å². The Kier molecular flexibility index (Phi) is 5.84. The van der Waals surface area contributed by atoms with Crippen molar-refractivity contribution in [1.29, 1.82) is 0 Å². The van der Waals surface area contributed by atoms with Crippen LogP contribution in [0.5, 0.6) is 0 Å². The maximum absolute atomic E-state index is 11.0. The minimum absolute atomic E-state index is 0.265. The minimum atomic E-state index is -1.12. The van der Waals surface area contributed by atoms with E-state index in [1.54, 1.807) is 6.92 Å². The first-order valence-corrected chi connectivity index (χ1v) is 4.35. The summed E-state index contributed by atoms with van der Waals surface area (Å²) in [5, 5.41) is 13.0. The van der Waals surface area contributed by atoms with E-state index in [1.807, 2.05) is 0 Å². The number of carboxylic acid groups (broad SMARTS) is 1. The van der Waals surface area contributed by atoms with Gasteiger partial charge in [-0.2, -0.15) is 0 Å². The van der Waals surface area contributed by atoms with Gasteiger partial charge in [-0.05, 0) is 6.42 Å². The zero-order chi connectivity index (χ0) is 11.8. The summed E-state index contributed by atoms with van der Waals surface area (Å²) in [6, 6.07) is -1.67. The first kappa shape index (κ1) is 13.2. The molecule has 7 nitrogen and oxygen atoms in total. The molecule has 0 spiro atoms. The lowest BCUT2D eigenvalue weighted by atomic mass is 10.2. The number of carboxylic acids is 1. The van der Waals surface area contributed by atoms with Gasteiger partial charge in [0.25, 0.3) is 0 Å². The summed E-state index contributed by atoms with van der Waals surface area (Å²) < 4.78 is 4.28. The molecule has 0 aliphatic rings. The van der Waals surface area contributed by atoms with E-state index in [1.165, 1.54) is 7.11 Å². The molecule has 2 amide bonds. The van der Waals surface area contributed by atoms with Crippen LogP contribution in [0, 0.1) is 0 Å². The van der Waals surface area contributed by atoms with Gasteiger partial charge in [0.1, 0.15) is 12.6 Å². The fourth-order valence-corrected chi connectivity index (χ4v) is 0.772. The van der Waals surface area contributed by atoms with Crippen molar-refractivity contribution in [1.82, 2.24) is 10.6 Å². The topological polar surface area (TPSA) is 105 Å². The van der Waals surface area contributed by atoms with Gasteiger partial charge in [0.15, 0.2) is 0 Å². The predicted octanol–water partition coefficient (Wildman–Crippen LogP) is -0.678. The van der Waals surface area contributed by atoms with E-state index in [0.717, 1.165) is 0 Å². The van der Waals surface area contributed by atoms with Crippen LogP contribution in [0.4, 0.5) is 4.79 Å². The number of carbonyl (C=O) groups excluding carboxylic acids is 2. The summed E-state index contributed by atoms with van der Waals surface area (Å²) >= 11 is 0. The van der Waals surface area contributed by atoms with Crippen LogP contribution in [0.2, 0.25) is 0 Å². The number of rotatable bonds is 5. The second-order valence-corrected chi connectivity index (χ2v) is 2.70. The normalized spacial score (nSPS) is 11.3. The molecule has 0 aliphatic carbocycles. The molecule has 1 atom stereocenters. The highest BCUT2D eigenvalue weighted by atomic mass is 16.5. The van der Waals surface area contributed by atoms with Crippen molar-refractivity contribution in [3.05, 3.63) is 0 Å². The number of hydrogen-bond acceptors (Lipinski definition) is 4. The average molecular weight is 218 g/mol. The Morgan fingerprint density at radius 2 is 2.00 bits per heavy atom. The quantitative estimate of drug-likeness (QED) is 0.530. The molecule has 0 aromatic rings. The van der Waals surface area contributed by atoms with Crippen molar-refractivity contribution in [2.24, 2.45) is 0 Å². The zero-order valence-corrected chi connectivity index (χ0v) is 8.57. The summed E-state index contributed by atoms with van der Waals surface area (Å²) in [6.45, 7) is 1.33. The molecule has 0 saturated carbocycles.